The van der Waals surface area contributed by atoms with Crippen molar-refractivity contribution < 1.29 is 37.1 Å². The third-order valence-corrected chi connectivity index (χ3v) is 4.52. The molecule has 0 saturated carbocycles. The predicted octanol–water partition coefficient (Wildman–Crippen LogP) is 2.82. The first-order chi connectivity index (χ1) is 13.1. The Labute approximate surface area is 165 Å². The van der Waals surface area contributed by atoms with E-state index in [1.165, 1.54) is 13.8 Å². The monoisotopic (exact) mass is 413 g/mol. The number of alkyl halides is 3. The molecule has 1 N–H and O–H groups in total. The highest BCUT2D eigenvalue weighted by Crippen LogP contribution is 2.40. The van der Waals surface area contributed by atoms with Gasteiger partial charge in [-0.05, 0) is 52.3 Å². The summed E-state index contributed by atoms with van der Waals surface area (Å²) in [6.07, 6.45) is -4.69. The molecule has 1 aromatic rings. The fraction of sp³-hybridized carbons (Fsp3) is 0.500. The fourth-order valence-corrected chi connectivity index (χ4v) is 3.11. The van der Waals surface area contributed by atoms with Gasteiger partial charge in [0.2, 0.25) is 5.91 Å². The van der Waals surface area contributed by atoms with Crippen molar-refractivity contribution >= 4 is 23.4 Å². The smallest absolute Gasteiger partial charge is 0.416 e. The molecular weight excluding hydrogens is 391 g/mol. The van der Waals surface area contributed by atoms with Crippen molar-refractivity contribution in [2.75, 3.05) is 6.54 Å². The molecule has 1 atom stereocenters. The number of halogens is 3. The van der Waals surface area contributed by atoms with Gasteiger partial charge in [-0.15, -0.1) is 0 Å². The Kier molecular flexibility index (Phi) is 5.66. The van der Waals surface area contributed by atoms with E-state index in [0.29, 0.717) is 6.07 Å². The maximum Gasteiger partial charge on any atom is 0.416 e. The Morgan fingerprint density at radius 1 is 1.14 bits per heavy atom. The summed E-state index contributed by atoms with van der Waals surface area (Å²) < 4.78 is 44.2. The summed E-state index contributed by atoms with van der Waals surface area (Å²) in [7, 11) is 0. The predicted molar refractivity (Wildman–Crippen MR) is 96.2 cm³/mol. The second kappa shape index (κ2) is 7.27. The van der Waals surface area contributed by atoms with Gasteiger partial charge in [-0.2, -0.15) is 13.2 Å². The van der Waals surface area contributed by atoms with Crippen LogP contribution < -0.4 is 5.32 Å². The molecule has 9 heteroatoms. The molecule has 0 bridgehead atoms. The third-order valence-electron chi connectivity index (χ3n) is 4.52. The number of hydrogen-bond acceptors (Lipinski definition) is 5. The summed E-state index contributed by atoms with van der Waals surface area (Å²) in [6.45, 7) is 7.16. The number of nitrogens with one attached hydrogen (secondary N) is 1. The highest BCUT2D eigenvalue weighted by atomic mass is 19.4. The van der Waals surface area contributed by atoms with Gasteiger partial charge in [-0.25, -0.2) is 0 Å². The molecule has 0 saturated heterocycles. The average molecular weight is 413 g/mol. The SMILES string of the molecule is CC(C)(C)OC(=O)CNC(=O)C1C(=O)c2cc(C(F)(F)F)ccc2C(C)(C)C1=O. The zero-order chi connectivity index (χ0) is 22.4. The Bertz CT molecular complexity index is 881. The number of amides is 1. The number of esters is 1. The number of carbonyl (C=O) groups is 4. The van der Waals surface area contributed by atoms with Crippen molar-refractivity contribution in [1.29, 1.82) is 0 Å². The lowest BCUT2D eigenvalue weighted by atomic mass is 9.66. The van der Waals surface area contributed by atoms with E-state index in [2.05, 4.69) is 5.32 Å². The van der Waals surface area contributed by atoms with Crippen LogP contribution in [-0.4, -0.2) is 35.6 Å². The molecule has 1 unspecified atom stereocenters. The summed E-state index contributed by atoms with van der Waals surface area (Å²) >= 11 is 0. The number of hydrogen-bond donors (Lipinski definition) is 1. The van der Waals surface area contributed by atoms with Crippen molar-refractivity contribution in [3.05, 3.63) is 34.9 Å². The van der Waals surface area contributed by atoms with Crippen molar-refractivity contribution in [3.8, 4) is 0 Å². The number of carbonyl (C=O) groups excluding carboxylic acids is 4. The molecule has 0 radical (unpaired) electrons. The van der Waals surface area contributed by atoms with Gasteiger partial charge in [0.15, 0.2) is 17.5 Å². The van der Waals surface area contributed by atoms with Crippen LogP contribution in [0.15, 0.2) is 18.2 Å². The third kappa shape index (κ3) is 4.65. The van der Waals surface area contributed by atoms with Crippen LogP contribution in [0.3, 0.4) is 0 Å². The first-order valence-corrected chi connectivity index (χ1v) is 8.85. The number of Topliss-reactive ketones (excluding diaryl/α,β-unsaturated/α-hetero) is 2. The van der Waals surface area contributed by atoms with Gasteiger partial charge in [0, 0.05) is 5.56 Å². The van der Waals surface area contributed by atoms with Crippen LogP contribution in [-0.2, 0) is 30.7 Å². The van der Waals surface area contributed by atoms with Gasteiger partial charge in [-0.1, -0.05) is 6.07 Å². The van der Waals surface area contributed by atoms with Gasteiger partial charge in [0.05, 0.1) is 11.0 Å². The van der Waals surface area contributed by atoms with Crippen molar-refractivity contribution in [3.63, 3.8) is 0 Å². The van der Waals surface area contributed by atoms with Crippen LogP contribution in [0.2, 0.25) is 0 Å². The second-order valence-corrected chi connectivity index (χ2v) is 8.35. The lowest BCUT2D eigenvalue weighted by molar-refractivity contribution is -0.155. The topological polar surface area (TPSA) is 89.5 Å². The van der Waals surface area contributed by atoms with Crippen LogP contribution >= 0.6 is 0 Å². The lowest BCUT2D eigenvalue weighted by Crippen LogP contribution is -2.51. The van der Waals surface area contributed by atoms with E-state index in [1.54, 1.807) is 20.8 Å². The quantitative estimate of drug-likeness (QED) is 0.608. The van der Waals surface area contributed by atoms with Crippen LogP contribution in [0, 0.1) is 5.92 Å². The molecule has 0 heterocycles. The minimum atomic E-state index is -4.69. The molecular formula is C20H22F3NO5. The van der Waals surface area contributed by atoms with E-state index >= 15 is 0 Å². The molecule has 1 aromatic carbocycles. The standard InChI is InChI=1S/C20H22F3NO5/c1-18(2,3)29-13(25)9-24-17(28)14-15(26)11-8-10(20(21,22)23)6-7-12(11)19(4,5)16(14)27/h6-8,14H,9H2,1-5H3,(H,24,28). The van der Waals surface area contributed by atoms with Crippen molar-refractivity contribution in [1.82, 2.24) is 5.32 Å². The Balaban J connectivity index is 2.33. The maximum atomic E-state index is 13.0. The Morgan fingerprint density at radius 3 is 2.24 bits per heavy atom. The zero-order valence-electron chi connectivity index (χ0n) is 16.7. The second-order valence-electron chi connectivity index (χ2n) is 8.35. The van der Waals surface area contributed by atoms with Crippen molar-refractivity contribution in [2.45, 2.75) is 51.8 Å². The van der Waals surface area contributed by atoms with Gasteiger partial charge in [-0.3, -0.25) is 19.2 Å². The molecule has 1 aliphatic rings. The highest BCUT2D eigenvalue weighted by Gasteiger charge is 2.50. The molecule has 0 spiro atoms. The molecule has 2 rings (SSSR count). The van der Waals surface area contributed by atoms with E-state index in [4.69, 9.17) is 4.74 Å². The zero-order valence-corrected chi connectivity index (χ0v) is 16.7. The molecule has 158 valence electrons. The first kappa shape index (κ1) is 22.6. The van der Waals surface area contributed by atoms with Gasteiger partial charge < -0.3 is 10.1 Å². The summed E-state index contributed by atoms with van der Waals surface area (Å²) in [4.78, 5) is 49.8. The van der Waals surface area contributed by atoms with Gasteiger partial charge in [0.25, 0.3) is 0 Å². The number of fused-ring (bicyclic) bond motifs is 1. The van der Waals surface area contributed by atoms with Crippen LogP contribution in [0.1, 0.15) is 56.1 Å². The summed E-state index contributed by atoms with van der Waals surface area (Å²) in [5.41, 5.74) is -3.42. The summed E-state index contributed by atoms with van der Waals surface area (Å²) in [5.74, 6) is -5.46. The minimum absolute atomic E-state index is 0.122. The van der Waals surface area contributed by atoms with Crippen LogP contribution in [0.4, 0.5) is 13.2 Å². The largest absolute Gasteiger partial charge is 0.459 e. The van der Waals surface area contributed by atoms with Gasteiger partial charge in [0.1, 0.15) is 12.1 Å². The molecule has 29 heavy (non-hydrogen) atoms. The van der Waals surface area contributed by atoms with E-state index in [1.807, 2.05) is 0 Å². The average Bonchev–Trinajstić information content (AvgIpc) is 2.56. The minimum Gasteiger partial charge on any atom is -0.459 e. The van der Waals surface area contributed by atoms with Crippen LogP contribution in [0.5, 0.6) is 0 Å². The molecule has 1 amide bonds. The van der Waals surface area contributed by atoms with Gasteiger partial charge >= 0.3 is 12.1 Å². The van der Waals surface area contributed by atoms with E-state index in [9.17, 15) is 32.3 Å². The fourth-order valence-electron chi connectivity index (χ4n) is 3.11. The number of ketones is 2. The number of ether oxygens (including phenoxy) is 1. The number of rotatable bonds is 3. The summed E-state index contributed by atoms with van der Waals surface area (Å²) in [5, 5.41) is 2.17. The molecule has 0 aromatic heterocycles. The van der Waals surface area contributed by atoms with E-state index in [0.717, 1.165) is 12.1 Å². The van der Waals surface area contributed by atoms with Crippen molar-refractivity contribution in [2.24, 2.45) is 5.92 Å². The van der Waals surface area contributed by atoms with E-state index < -0.39 is 58.7 Å². The molecule has 0 fully saturated rings. The summed E-state index contributed by atoms with van der Waals surface area (Å²) in [6, 6.07) is 2.53. The highest BCUT2D eigenvalue weighted by molar-refractivity contribution is 6.29. The maximum absolute atomic E-state index is 13.0. The number of benzene rings is 1. The molecule has 6 nitrogen and oxygen atoms in total. The van der Waals surface area contributed by atoms with Crippen LogP contribution in [0.25, 0.3) is 0 Å². The Morgan fingerprint density at radius 2 is 1.72 bits per heavy atom. The Hall–Kier alpha value is -2.71. The molecule has 1 aliphatic carbocycles. The lowest BCUT2D eigenvalue weighted by Gasteiger charge is -2.34. The normalized spacial score (nSPS) is 18.8. The molecule has 0 aliphatic heterocycles. The van der Waals surface area contributed by atoms with E-state index in [-0.39, 0.29) is 11.1 Å². The first-order valence-electron chi connectivity index (χ1n) is 8.85.